The molecule has 2 aromatic rings. The van der Waals surface area contributed by atoms with E-state index < -0.39 is 0 Å². The van der Waals surface area contributed by atoms with E-state index in [0.717, 1.165) is 26.7 Å². The van der Waals surface area contributed by atoms with Gasteiger partial charge in [0.1, 0.15) is 0 Å². The van der Waals surface area contributed by atoms with Gasteiger partial charge in [-0.05, 0) is 30.3 Å². The highest BCUT2D eigenvalue weighted by atomic mass is 35.5. The number of carbonyl (C=O) groups excluding carboxylic acids is 1. The summed E-state index contributed by atoms with van der Waals surface area (Å²) in [5.41, 5.74) is 2.53. The van der Waals surface area contributed by atoms with E-state index in [1.54, 1.807) is 11.8 Å². The Labute approximate surface area is 120 Å². The van der Waals surface area contributed by atoms with E-state index in [4.69, 9.17) is 11.6 Å². The van der Waals surface area contributed by atoms with Crippen molar-refractivity contribution in [2.75, 3.05) is 0 Å². The lowest BCUT2D eigenvalue weighted by molar-refractivity contribution is 0.0981. The Morgan fingerprint density at radius 3 is 2.42 bits per heavy atom. The van der Waals surface area contributed by atoms with E-state index in [0.29, 0.717) is 0 Å². The minimum absolute atomic E-state index is 0.0430. The molecule has 0 unspecified atom stereocenters. The number of rotatable bonds is 2. The first-order valence-corrected chi connectivity index (χ1v) is 7.03. The topological polar surface area (TPSA) is 29.1 Å². The normalized spacial score (nSPS) is 15.4. The Morgan fingerprint density at radius 2 is 1.68 bits per heavy atom. The number of amides is 1. The zero-order chi connectivity index (χ0) is 13.2. The van der Waals surface area contributed by atoms with Crippen LogP contribution in [0.1, 0.15) is 15.9 Å². The lowest BCUT2D eigenvalue weighted by Gasteiger charge is -2.00. The van der Waals surface area contributed by atoms with Crippen LogP contribution in [0.25, 0.3) is 5.70 Å². The molecule has 1 amide bonds. The zero-order valence-corrected chi connectivity index (χ0v) is 11.5. The molecule has 94 valence electrons. The number of thioether (sulfide) groups is 1. The van der Waals surface area contributed by atoms with Gasteiger partial charge in [-0.15, -0.1) is 0 Å². The minimum atomic E-state index is -0.0430. The molecule has 1 heterocycles. The molecule has 1 aliphatic heterocycles. The molecule has 0 spiro atoms. The molecule has 3 rings (SSSR count). The maximum atomic E-state index is 11.8. The van der Waals surface area contributed by atoms with Gasteiger partial charge >= 0.3 is 0 Å². The smallest absolute Gasteiger partial charge is 0.256 e. The van der Waals surface area contributed by atoms with Gasteiger partial charge in [-0.1, -0.05) is 41.6 Å². The van der Waals surface area contributed by atoms with Crippen LogP contribution in [0.3, 0.4) is 0 Å². The van der Waals surface area contributed by atoms with Crippen LogP contribution in [0.15, 0.2) is 58.8 Å². The van der Waals surface area contributed by atoms with Crippen molar-refractivity contribution in [2.24, 2.45) is 0 Å². The molecule has 2 nitrogen and oxygen atoms in total. The predicted molar refractivity (Wildman–Crippen MR) is 79.2 cm³/mol. The molecule has 0 aromatic heterocycles. The molecule has 0 saturated heterocycles. The van der Waals surface area contributed by atoms with Crippen LogP contribution in [-0.2, 0) is 0 Å². The molecule has 1 aliphatic rings. The Kier molecular flexibility index (Phi) is 3.32. The highest BCUT2D eigenvalue weighted by Gasteiger charge is 2.22. The van der Waals surface area contributed by atoms with E-state index in [9.17, 15) is 4.79 Å². The van der Waals surface area contributed by atoms with Crippen LogP contribution in [0.5, 0.6) is 0 Å². The van der Waals surface area contributed by atoms with E-state index in [1.165, 1.54) is 0 Å². The fourth-order valence-corrected chi connectivity index (χ4v) is 2.77. The third-order valence-electron chi connectivity index (χ3n) is 2.84. The van der Waals surface area contributed by atoms with E-state index in [1.807, 2.05) is 53.9 Å². The fraction of sp³-hybridized carbons (Fsp3) is 0. The highest BCUT2D eigenvalue weighted by molar-refractivity contribution is 8.02. The number of benzene rings is 2. The molecule has 1 N–H and O–H groups in total. The molecule has 4 heteroatoms. The van der Waals surface area contributed by atoms with E-state index in [2.05, 4.69) is 5.32 Å². The van der Waals surface area contributed by atoms with Gasteiger partial charge in [0.05, 0.1) is 5.70 Å². The van der Waals surface area contributed by atoms with Crippen molar-refractivity contribution >= 4 is 35.0 Å². The van der Waals surface area contributed by atoms with Crippen molar-refractivity contribution in [3.8, 4) is 0 Å². The number of halogens is 1. The summed E-state index contributed by atoms with van der Waals surface area (Å²) in [7, 11) is 0. The van der Waals surface area contributed by atoms with E-state index in [-0.39, 0.29) is 5.91 Å². The summed E-state index contributed by atoms with van der Waals surface area (Å²) in [4.78, 5) is 12.8. The van der Waals surface area contributed by atoms with Gasteiger partial charge in [-0.2, -0.15) is 0 Å². The van der Waals surface area contributed by atoms with Crippen LogP contribution >= 0.6 is 23.4 Å². The average molecular weight is 288 g/mol. The summed E-state index contributed by atoms with van der Waals surface area (Å²) in [6, 6.07) is 15.2. The molecule has 0 saturated carbocycles. The van der Waals surface area contributed by atoms with Gasteiger partial charge in [-0.3, -0.25) is 4.79 Å². The van der Waals surface area contributed by atoms with Crippen LogP contribution in [-0.4, -0.2) is 5.91 Å². The summed E-state index contributed by atoms with van der Waals surface area (Å²) in [5.74, 6) is -0.0430. The molecule has 0 atom stereocenters. The van der Waals surface area contributed by atoms with Crippen molar-refractivity contribution in [2.45, 2.75) is 4.90 Å². The highest BCUT2D eigenvalue weighted by Crippen LogP contribution is 2.29. The first kappa shape index (κ1) is 12.3. The summed E-state index contributed by atoms with van der Waals surface area (Å²) in [6.07, 6.45) is 0. The largest absolute Gasteiger partial charge is 0.321 e. The standard InChI is InChI=1S/C15H10ClNOS/c16-10-5-7-11(8-6-10)19-9-14-12-3-1-2-4-13(12)15(18)17-14/h1-9H,(H,17,18). The predicted octanol–water partition coefficient (Wildman–Crippen LogP) is 4.17. The molecule has 19 heavy (non-hydrogen) atoms. The maximum Gasteiger partial charge on any atom is 0.256 e. The quantitative estimate of drug-likeness (QED) is 0.840. The van der Waals surface area contributed by atoms with Crippen molar-refractivity contribution in [1.29, 1.82) is 0 Å². The molecule has 0 radical (unpaired) electrons. The maximum absolute atomic E-state index is 11.8. The molecule has 0 aliphatic carbocycles. The lowest BCUT2D eigenvalue weighted by Crippen LogP contribution is -2.11. The first-order valence-electron chi connectivity index (χ1n) is 5.77. The lowest BCUT2D eigenvalue weighted by atomic mass is 10.1. The Bertz CT molecular complexity index is 664. The van der Waals surface area contributed by atoms with Gasteiger partial charge in [-0.25, -0.2) is 0 Å². The molecular weight excluding hydrogens is 278 g/mol. The van der Waals surface area contributed by atoms with Crippen LogP contribution in [0, 0.1) is 0 Å². The Hall–Kier alpha value is -1.71. The van der Waals surface area contributed by atoms with Gasteiger partial charge in [0.15, 0.2) is 0 Å². The number of nitrogens with one attached hydrogen (secondary N) is 1. The molecule has 0 bridgehead atoms. The summed E-state index contributed by atoms with van der Waals surface area (Å²) >= 11 is 7.40. The third kappa shape index (κ3) is 2.53. The van der Waals surface area contributed by atoms with Crippen LogP contribution in [0.4, 0.5) is 0 Å². The second-order valence-electron chi connectivity index (χ2n) is 4.10. The van der Waals surface area contributed by atoms with Crippen LogP contribution < -0.4 is 5.32 Å². The first-order chi connectivity index (χ1) is 9.24. The Balaban J connectivity index is 1.86. The molecule has 2 aromatic carbocycles. The van der Waals surface area contributed by atoms with Crippen molar-refractivity contribution in [3.63, 3.8) is 0 Å². The number of hydrogen-bond donors (Lipinski definition) is 1. The average Bonchev–Trinajstić information content (AvgIpc) is 2.76. The second kappa shape index (κ2) is 5.11. The fourth-order valence-electron chi connectivity index (χ4n) is 1.91. The van der Waals surface area contributed by atoms with Gasteiger partial charge < -0.3 is 5.32 Å². The Morgan fingerprint density at radius 1 is 1.00 bits per heavy atom. The number of hydrogen-bond acceptors (Lipinski definition) is 2. The van der Waals surface area contributed by atoms with Gasteiger partial charge in [0.25, 0.3) is 5.91 Å². The van der Waals surface area contributed by atoms with Gasteiger partial charge in [0, 0.05) is 26.5 Å². The van der Waals surface area contributed by atoms with Crippen molar-refractivity contribution in [3.05, 3.63) is 70.1 Å². The van der Waals surface area contributed by atoms with Crippen molar-refractivity contribution < 1.29 is 4.79 Å². The van der Waals surface area contributed by atoms with Crippen molar-refractivity contribution in [1.82, 2.24) is 5.32 Å². The van der Waals surface area contributed by atoms with E-state index >= 15 is 0 Å². The molecular formula is C15H10ClNOS. The van der Waals surface area contributed by atoms with Gasteiger partial charge in [0.2, 0.25) is 0 Å². The summed E-state index contributed by atoms with van der Waals surface area (Å²) in [5, 5.41) is 5.55. The zero-order valence-electron chi connectivity index (χ0n) is 9.89. The monoisotopic (exact) mass is 287 g/mol. The minimum Gasteiger partial charge on any atom is -0.321 e. The summed E-state index contributed by atoms with van der Waals surface area (Å²) < 4.78 is 0. The summed E-state index contributed by atoms with van der Waals surface area (Å²) in [6.45, 7) is 0. The molecule has 0 fully saturated rings. The second-order valence-corrected chi connectivity index (χ2v) is 5.48. The number of carbonyl (C=O) groups is 1. The third-order valence-corrected chi connectivity index (χ3v) is 3.99. The SMILES string of the molecule is O=C1NC(=CSc2ccc(Cl)cc2)c2ccccc21. The van der Waals surface area contributed by atoms with Crippen LogP contribution in [0.2, 0.25) is 5.02 Å². The number of fused-ring (bicyclic) bond motifs is 1.